The molecule has 0 bridgehead atoms. The summed E-state index contributed by atoms with van der Waals surface area (Å²) in [4.78, 5) is 22.5. The van der Waals surface area contributed by atoms with Crippen LogP contribution in [0.25, 0.3) is 0 Å². The van der Waals surface area contributed by atoms with E-state index in [2.05, 4.69) is 20.6 Å². The maximum Gasteiger partial charge on any atom is 0.274 e. The Labute approximate surface area is 154 Å². The second-order valence-electron chi connectivity index (χ2n) is 5.91. The quantitative estimate of drug-likeness (QED) is 0.716. The van der Waals surface area contributed by atoms with Crippen LogP contribution in [0.15, 0.2) is 54.7 Å². The van der Waals surface area contributed by atoms with Gasteiger partial charge in [0.25, 0.3) is 5.91 Å². The van der Waals surface area contributed by atoms with E-state index in [1.807, 2.05) is 43.3 Å². The standard InChI is InChI=1S/C19H17F2N5O/c1-26(2)14-6-4-13(5-7-14)23-19-22-10-9-17(25-19)18(27)24-16-8-3-12(20)11-15(16)21/h3-11H,1-2H3,(H,24,27)(H,22,23,25). The van der Waals surface area contributed by atoms with Crippen molar-refractivity contribution in [2.75, 3.05) is 29.6 Å². The maximum atomic E-state index is 13.7. The lowest BCUT2D eigenvalue weighted by atomic mass is 10.2. The lowest BCUT2D eigenvalue weighted by Gasteiger charge is -2.13. The zero-order chi connectivity index (χ0) is 19.4. The molecule has 1 amide bonds. The molecule has 0 radical (unpaired) electrons. The SMILES string of the molecule is CN(C)c1ccc(Nc2nccc(C(=O)Nc3ccc(F)cc3F)n2)cc1. The van der Waals surface area contributed by atoms with Crippen LogP contribution in [0, 0.1) is 11.6 Å². The monoisotopic (exact) mass is 369 g/mol. The van der Waals surface area contributed by atoms with E-state index >= 15 is 0 Å². The zero-order valence-corrected chi connectivity index (χ0v) is 14.7. The molecule has 0 spiro atoms. The van der Waals surface area contributed by atoms with Crippen molar-refractivity contribution >= 4 is 28.9 Å². The molecule has 0 fully saturated rings. The molecular formula is C19H17F2N5O. The van der Waals surface area contributed by atoms with Gasteiger partial charge in [0, 0.05) is 37.7 Å². The molecular weight excluding hydrogens is 352 g/mol. The number of halogens is 2. The third kappa shape index (κ3) is 4.55. The Morgan fingerprint density at radius 3 is 2.44 bits per heavy atom. The minimum Gasteiger partial charge on any atom is -0.378 e. The van der Waals surface area contributed by atoms with Crippen LogP contribution in [-0.2, 0) is 0 Å². The molecule has 8 heteroatoms. The fourth-order valence-electron chi connectivity index (χ4n) is 2.29. The van der Waals surface area contributed by atoms with E-state index in [1.165, 1.54) is 12.3 Å². The third-order valence-corrected chi connectivity index (χ3v) is 3.71. The maximum absolute atomic E-state index is 13.7. The molecule has 0 unspecified atom stereocenters. The second kappa shape index (κ2) is 7.77. The van der Waals surface area contributed by atoms with Gasteiger partial charge in [-0.1, -0.05) is 0 Å². The third-order valence-electron chi connectivity index (χ3n) is 3.71. The van der Waals surface area contributed by atoms with Gasteiger partial charge in [0.15, 0.2) is 0 Å². The number of carbonyl (C=O) groups is 1. The largest absolute Gasteiger partial charge is 0.378 e. The van der Waals surface area contributed by atoms with Gasteiger partial charge >= 0.3 is 0 Å². The van der Waals surface area contributed by atoms with Gasteiger partial charge in [0.2, 0.25) is 5.95 Å². The fourth-order valence-corrected chi connectivity index (χ4v) is 2.29. The van der Waals surface area contributed by atoms with Crippen LogP contribution in [-0.4, -0.2) is 30.0 Å². The van der Waals surface area contributed by atoms with Gasteiger partial charge < -0.3 is 15.5 Å². The Kier molecular flexibility index (Phi) is 5.25. The highest BCUT2D eigenvalue weighted by atomic mass is 19.1. The summed E-state index contributed by atoms with van der Waals surface area (Å²) in [7, 11) is 3.88. The van der Waals surface area contributed by atoms with Crippen LogP contribution >= 0.6 is 0 Å². The van der Waals surface area contributed by atoms with Crippen LogP contribution < -0.4 is 15.5 Å². The predicted molar refractivity (Wildman–Crippen MR) is 100 cm³/mol. The fraction of sp³-hybridized carbons (Fsp3) is 0.105. The van der Waals surface area contributed by atoms with Crippen molar-refractivity contribution in [2.45, 2.75) is 0 Å². The van der Waals surface area contributed by atoms with Crippen molar-refractivity contribution in [3.05, 3.63) is 72.1 Å². The second-order valence-corrected chi connectivity index (χ2v) is 5.91. The first-order valence-corrected chi connectivity index (χ1v) is 8.06. The topological polar surface area (TPSA) is 70.2 Å². The van der Waals surface area contributed by atoms with Crippen LogP contribution in [0.1, 0.15) is 10.5 Å². The highest BCUT2D eigenvalue weighted by Gasteiger charge is 2.12. The predicted octanol–water partition coefficient (Wildman–Crippen LogP) is 3.82. The molecule has 1 aromatic heterocycles. The molecule has 3 aromatic rings. The molecule has 1 heterocycles. The first-order valence-electron chi connectivity index (χ1n) is 8.06. The van der Waals surface area contributed by atoms with Crippen molar-refractivity contribution in [1.29, 1.82) is 0 Å². The number of benzene rings is 2. The van der Waals surface area contributed by atoms with Crippen molar-refractivity contribution in [3.63, 3.8) is 0 Å². The average Bonchev–Trinajstić information content (AvgIpc) is 2.64. The van der Waals surface area contributed by atoms with E-state index in [4.69, 9.17) is 0 Å². The molecule has 2 aromatic carbocycles. The average molecular weight is 369 g/mol. The van der Waals surface area contributed by atoms with Gasteiger partial charge in [-0.05, 0) is 42.5 Å². The molecule has 6 nitrogen and oxygen atoms in total. The van der Waals surface area contributed by atoms with E-state index in [-0.39, 0.29) is 17.3 Å². The lowest BCUT2D eigenvalue weighted by molar-refractivity contribution is 0.102. The van der Waals surface area contributed by atoms with E-state index in [0.717, 1.165) is 23.5 Å². The lowest BCUT2D eigenvalue weighted by Crippen LogP contribution is -2.15. The van der Waals surface area contributed by atoms with Gasteiger partial charge in [-0.15, -0.1) is 0 Å². The molecule has 3 rings (SSSR count). The van der Waals surface area contributed by atoms with Crippen molar-refractivity contribution in [3.8, 4) is 0 Å². The molecule has 0 saturated heterocycles. The van der Waals surface area contributed by atoms with E-state index < -0.39 is 17.5 Å². The normalized spacial score (nSPS) is 10.4. The van der Waals surface area contributed by atoms with Crippen molar-refractivity contribution in [2.24, 2.45) is 0 Å². The number of nitrogens with zero attached hydrogens (tertiary/aromatic N) is 3. The molecule has 0 aliphatic carbocycles. The Morgan fingerprint density at radius 1 is 1.04 bits per heavy atom. The number of hydrogen-bond acceptors (Lipinski definition) is 5. The van der Waals surface area contributed by atoms with Crippen LogP contribution in [0.5, 0.6) is 0 Å². The van der Waals surface area contributed by atoms with Crippen molar-refractivity contribution in [1.82, 2.24) is 9.97 Å². The Bertz CT molecular complexity index is 961. The van der Waals surface area contributed by atoms with E-state index in [0.29, 0.717) is 6.07 Å². The molecule has 138 valence electrons. The smallest absolute Gasteiger partial charge is 0.274 e. The first kappa shape index (κ1) is 18.2. The number of hydrogen-bond donors (Lipinski definition) is 2. The summed E-state index contributed by atoms with van der Waals surface area (Å²) in [6, 6.07) is 11.9. The summed E-state index contributed by atoms with van der Waals surface area (Å²) < 4.78 is 26.6. The minimum absolute atomic E-state index is 0.0427. The van der Waals surface area contributed by atoms with Gasteiger partial charge in [-0.2, -0.15) is 0 Å². The van der Waals surface area contributed by atoms with Gasteiger partial charge in [0.05, 0.1) is 5.69 Å². The molecule has 0 atom stereocenters. The summed E-state index contributed by atoms with van der Waals surface area (Å²) in [5.74, 6) is -2.00. The first-order chi connectivity index (χ1) is 12.9. The highest BCUT2D eigenvalue weighted by Crippen LogP contribution is 2.19. The molecule has 27 heavy (non-hydrogen) atoms. The number of nitrogens with one attached hydrogen (secondary N) is 2. The Hall–Kier alpha value is -3.55. The van der Waals surface area contributed by atoms with Crippen LogP contribution in [0.3, 0.4) is 0 Å². The van der Waals surface area contributed by atoms with E-state index in [1.54, 1.807) is 0 Å². The molecule has 0 aliphatic heterocycles. The zero-order valence-electron chi connectivity index (χ0n) is 14.7. The number of aromatic nitrogens is 2. The summed E-state index contributed by atoms with van der Waals surface area (Å²) in [6.07, 6.45) is 1.42. The van der Waals surface area contributed by atoms with E-state index in [9.17, 15) is 13.6 Å². The number of carbonyl (C=O) groups excluding carboxylic acids is 1. The number of rotatable bonds is 5. The summed E-state index contributed by atoms with van der Waals surface area (Å²) in [5, 5.41) is 5.36. The minimum atomic E-state index is -0.864. The van der Waals surface area contributed by atoms with Crippen molar-refractivity contribution < 1.29 is 13.6 Å². The van der Waals surface area contributed by atoms with Crippen LogP contribution in [0.2, 0.25) is 0 Å². The number of anilines is 4. The highest BCUT2D eigenvalue weighted by molar-refractivity contribution is 6.03. The molecule has 0 saturated carbocycles. The summed E-state index contributed by atoms with van der Waals surface area (Å²) in [5.41, 5.74) is 1.70. The van der Waals surface area contributed by atoms with Crippen LogP contribution in [0.4, 0.5) is 31.8 Å². The van der Waals surface area contributed by atoms with Gasteiger partial charge in [-0.25, -0.2) is 18.7 Å². The Morgan fingerprint density at radius 2 is 1.78 bits per heavy atom. The molecule has 2 N–H and O–H groups in total. The Balaban J connectivity index is 1.73. The molecule has 0 aliphatic rings. The van der Waals surface area contributed by atoms with Gasteiger partial charge in [-0.3, -0.25) is 4.79 Å². The van der Waals surface area contributed by atoms with Gasteiger partial charge in [0.1, 0.15) is 17.3 Å². The summed E-state index contributed by atoms with van der Waals surface area (Å²) in [6.45, 7) is 0. The number of amides is 1. The summed E-state index contributed by atoms with van der Waals surface area (Å²) >= 11 is 0.